The fourth-order valence-corrected chi connectivity index (χ4v) is 3.94. The van der Waals surface area contributed by atoms with E-state index in [4.69, 9.17) is 4.74 Å². The lowest BCUT2D eigenvalue weighted by atomic mass is 9.69. The first kappa shape index (κ1) is 17.5. The van der Waals surface area contributed by atoms with E-state index in [0.29, 0.717) is 5.41 Å². The number of hydrogen-bond acceptors (Lipinski definition) is 1. The average molecular weight is 333 g/mol. The van der Waals surface area contributed by atoms with Crippen LogP contribution in [-0.4, -0.2) is 17.5 Å². The molecule has 1 saturated carbocycles. The number of halogens is 1. The van der Waals surface area contributed by atoms with Crippen LogP contribution >= 0.6 is 15.9 Å². The molecule has 0 aromatic rings. The van der Waals surface area contributed by atoms with Crippen LogP contribution in [0.5, 0.6) is 0 Å². The maximum atomic E-state index is 5.93. The summed E-state index contributed by atoms with van der Waals surface area (Å²) in [6.45, 7) is 9.66. The van der Waals surface area contributed by atoms with Gasteiger partial charge in [0.1, 0.15) is 0 Å². The maximum absolute atomic E-state index is 5.93. The van der Waals surface area contributed by atoms with Crippen LogP contribution in [-0.2, 0) is 4.74 Å². The molecular weight excluding hydrogens is 300 g/mol. The molecule has 0 saturated heterocycles. The molecule has 0 aliphatic heterocycles. The van der Waals surface area contributed by atoms with Crippen molar-refractivity contribution >= 4 is 15.9 Å². The van der Waals surface area contributed by atoms with E-state index in [1.165, 1.54) is 51.4 Å². The number of hydrogen-bond donors (Lipinski definition) is 0. The van der Waals surface area contributed by atoms with E-state index in [9.17, 15) is 0 Å². The summed E-state index contributed by atoms with van der Waals surface area (Å²) < 4.78 is 5.93. The van der Waals surface area contributed by atoms with Crippen molar-refractivity contribution in [1.29, 1.82) is 0 Å². The minimum atomic E-state index is 0.00578. The summed E-state index contributed by atoms with van der Waals surface area (Å²) in [6.07, 6.45) is 11.1. The molecule has 0 N–H and O–H groups in total. The van der Waals surface area contributed by atoms with Crippen molar-refractivity contribution in [2.24, 2.45) is 11.3 Å². The van der Waals surface area contributed by atoms with Gasteiger partial charge in [0, 0.05) is 11.9 Å². The SMILES string of the molecule is CCCCC1CCC(CBr)(CCOC(C)(C)C)CC1. The topological polar surface area (TPSA) is 9.23 Å². The molecule has 1 nitrogen and oxygen atoms in total. The third kappa shape index (κ3) is 6.62. The van der Waals surface area contributed by atoms with Crippen molar-refractivity contribution in [1.82, 2.24) is 0 Å². The van der Waals surface area contributed by atoms with Crippen molar-refractivity contribution in [3.05, 3.63) is 0 Å². The highest BCUT2D eigenvalue weighted by molar-refractivity contribution is 9.09. The van der Waals surface area contributed by atoms with E-state index < -0.39 is 0 Å². The zero-order valence-electron chi connectivity index (χ0n) is 13.4. The van der Waals surface area contributed by atoms with Gasteiger partial charge in [-0.1, -0.05) is 42.1 Å². The number of alkyl halides is 1. The van der Waals surface area contributed by atoms with Crippen molar-refractivity contribution in [3.8, 4) is 0 Å². The Hall–Kier alpha value is 0.440. The van der Waals surface area contributed by atoms with Crippen molar-refractivity contribution < 1.29 is 4.74 Å². The van der Waals surface area contributed by atoms with Crippen molar-refractivity contribution in [2.45, 2.75) is 84.7 Å². The van der Waals surface area contributed by atoms with Gasteiger partial charge in [0.25, 0.3) is 0 Å². The lowest BCUT2D eigenvalue weighted by Gasteiger charge is -2.40. The van der Waals surface area contributed by atoms with Gasteiger partial charge in [-0.3, -0.25) is 0 Å². The molecule has 0 spiro atoms. The summed E-state index contributed by atoms with van der Waals surface area (Å²) in [7, 11) is 0. The van der Waals surface area contributed by atoms with E-state index in [1.54, 1.807) is 0 Å². The molecule has 1 fully saturated rings. The quantitative estimate of drug-likeness (QED) is 0.523. The van der Waals surface area contributed by atoms with Gasteiger partial charge in [0.2, 0.25) is 0 Å². The summed E-state index contributed by atoms with van der Waals surface area (Å²) in [5.41, 5.74) is 0.514. The van der Waals surface area contributed by atoms with Gasteiger partial charge >= 0.3 is 0 Å². The Labute approximate surface area is 129 Å². The fourth-order valence-electron chi connectivity index (χ4n) is 3.10. The maximum Gasteiger partial charge on any atom is 0.0598 e. The van der Waals surface area contributed by atoms with Crippen LogP contribution in [0.1, 0.15) is 79.1 Å². The molecule has 19 heavy (non-hydrogen) atoms. The molecule has 0 radical (unpaired) electrons. The number of rotatable bonds is 7. The molecule has 2 heteroatoms. The van der Waals surface area contributed by atoms with Gasteiger partial charge in [-0.15, -0.1) is 0 Å². The molecule has 0 atom stereocenters. The summed E-state index contributed by atoms with van der Waals surface area (Å²) in [5, 5.41) is 1.15. The number of ether oxygens (including phenoxy) is 1. The van der Waals surface area contributed by atoms with Gasteiger partial charge < -0.3 is 4.74 Å². The van der Waals surface area contributed by atoms with Crippen LogP contribution in [0, 0.1) is 11.3 Å². The highest BCUT2D eigenvalue weighted by Gasteiger charge is 2.34. The van der Waals surface area contributed by atoms with Gasteiger partial charge in [-0.25, -0.2) is 0 Å². The van der Waals surface area contributed by atoms with Crippen LogP contribution in [0.3, 0.4) is 0 Å². The molecular formula is C17H33BrO. The molecule has 0 aromatic carbocycles. The van der Waals surface area contributed by atoms with Gasteiger partial charge in [0.15, 0.2) is 0 Å². The predicted octanol–water partition coefficient (Wildman–Crippen LogP) is 5.95. The fraction of sp³-hybridized carbons (Fsp3) is 1.00. The largest absolute Gasteiger partial charge is 0.376 e. The Morgan fingerprint density at radius 3 is 2.32 bits per heavy atom. The average Bonchev–Trinajstić information content (AvgIpc) is 2.36. The molecule has 0 heterocycles. The second kappa shape index (κ2) is 8.02. The second-order valence-corrected chi connectivity index (χ2v) is 7.99. The van der Waals surface area contributed by atoms with Crippen LogP contribution in [0.4, 0.5) is 0 Å². The molecule has 0 bridgehead atoms. The first-order chi connectivity index (χ1) is 8.91. The Morgan fingerprint density at radius 1 is 1.21 bits per heavy atom. The standard InChI is InChI=1S/C17H33BrO/c1-5-6-7-15-8-10-17(14-18,11-9-15)12-13-19-16(2,3)4/h15H,5-14H2,1-4H3. The zero-order chi connectivity index (χ0) is 14.4. The lowest BCUT2D eigenvalue weighted by Crippen LogP contribution is -2.32. The van der Waals surface area contributed by atoms with Crippen LogP contribution in [0.25, 0.3) is 0 Å². The normalized spacial score (nSPS) is 28.6. The molecule has 1 aliphatic rings. The van der Waals surface area contributed by atoms with E-state index in [0.717, 1.165) is 17.9 Å². The Kier molecular flexibility index (Phi) is 7.39. The highest BCUT2D eigenvalue weighted by atomic mass is 79.9. The summed E-state index contributed by atoms with van der Waals surface area (Å²) in [6, 6.07) is 0. The van der Waals surface area contributed by atoms with E-state index in [-0.39, 0.29) is 5.60 Å². The highest BCUT2D eigenvalue weighted by Crippen LogP contribution is 2.44. The van der Waals surface area contributed by atoms with E-state index in [2.05, 4.69) is 43.6 Å². The Bertz CT molecular complexity index is 236. The van der Waals surface area contributed by atoms with Gasteiger partial charge in [0.05, 0.1) is 5.60 Å². The second-order valence-electron chi connectivity index (χ2n) is 7.43. The minimum absolute atomic E-state index is 0.00578. The lowest BCUT2D eigenvalue weighted by molar-refractivity contribution is -0.0223. The summed E-state index contributed by atoms with van der Waals surface area (Å²) in [4.78, 5) is 0. The smallest absolute Gasteiger partial charge is 0.0598 e. The van der Waals surface area contributed by atoms with E-state index >= 15 is 0 Å². The third-order valence-electron chi connectivity index (χ3n) is 4.58. The first-order valence-electron chi connectivity index (χ1n) is 8.11. The van der Waals surface area contributed by atoms with Crippen molar-refractivity contribution in [3.63, 3.8) is 0 Å². The van der Waals surface area contributed by atoms with Crippen LogP contribution in [0.2, 0.25) is 0 Å². The summed E-state index contributed by atoms with van der Waals surface area (Å²) >= 11 is 3.77. The first-order valence-corrected chi connectivity index (χ1v) is 9.23. The van der Waals surface area contributed by atoms with E-state index in [1.807, 2.05) is 0 Å². The Balaban J connectivity index is 2.33. The van der Waals surface area contributed by atoms with Gasteiger partial charge in [-0.05, 0) is 64.2 Å². The third-order valence-corrected chi connectivity index (χ3v) is 5.77. The van der Waals surface area contributed by atoms with Crippen LogP contribution < -0.4 is 0 Å². The number of unbranched alkanes of at least 4 members (excludes halogenated alkanes) is 1. The predicted molar refractivity (Wildman–Crippen MR) is 88.0 cm³/mol. The summed E-state index contributed by atoms with van der Waals surface area (Å²) in [5.74, 6) is 0.996. The molecule has 0 aromatic heterocycles. The van der Waals surface area contributed by atoms with Crippen LogP contribution in [0.15, 0.2) is 0 Å². The molecule has 0 amide bonds. The van der Waals surface area contributed by atoms with Crippen molar-refractivity contribution in [2.75, 3.05) is 11.9 Å². The monoisotopic (exact) mass is 332 g/mol. The minimum Gasteiger partial charge on any atom is -0.376 e. The molecule has 0 unspecified atom stereocenters. The Morgan fingerprint density at radius 2 is 1.84 bits per heavy atom. The van der Waals surface area contributed by atoms with Gasteiger partial charge in [-0.2, -0.15) is 0 Å². The molecule has 1 rings (SSSR count). The molecule has 114 valence electrons. The zero-order valence-corrected chi connectivity index (χ0v) is 15.0. The molecule has 1 aliphatic carbocycles.